The van der Waals surface area contributed by atoms with Crippen LogP contribution >= 0.6 is 15.9 Å². The number of aromatic nitrogens is 1. The zero-order valence-electron chi connectivity index (χ0n) is 15.2. The van der Waals surface area contributed by atoms with E-state index in [-0.39, 0.29) is 17.5 Å². The molecule has 144 valence electrons. The Balaban J connectivity index is 1.40. The van der Waals surface area contributed by atoms with Gasteiger partial charge >= 0.3 is 5.63 Å². The Hall–Kier alpha value is -2.51. The summed E-state index contributed by atoms with van der Waals surface area (Å²) in [6, 6.07) is 12.7. The molecule has 0 bridgehead atoms. The molecule has 0 aliphatic carbocycles. The molecule has 3 heterocycles. The van der Waals surface area contributed by atoms with Crippen molar-refractivity contribution in [3.05, 3.63) is 69.1 Å². The first-order chi connectivity index (χ1) is 13.6. The van der Waals surface area contributed by atoms with Gasteiger partial charge in [-0.3, -0.25) is 9.69 Å². The summed E-state index contributed by atoms with van der Waals surface area (Å²) >= 11 is 3.41. The van der Waals surface area contributed by atoms with Gasteiger partial charge in [0.15, 0.2) is 0 Å². The van der Waals surface area contributed by atoms with E-state index < -0.39 is 0 Å². The lowest BCUT2D eigenvalue weighted by molar-refractivity contribution is -0.121. The molecular weight excluding hydrogens is 422 g/mol. The number of likely N-dealkylation sites (tertiary alicyclic amines) is 1. The van der Waals surface area contributed by atoms with Crippen molar-refractivity contribution in [3.63, 3.8) is 0 Å². The molecule has 1 fully saturated rings. The molecule has 7 heteroatoms. The lowest BCUT2D eigenvalue weighted by atomic mass is 9.95. The van der Waals surface area contributed by atoms with Gasteiger partial charge in [0.25, 0.3) is 0 Å². The number of nitrogens with one attached hydrogen (secondary N) is 1. The van der Waals surface area contributed by atoms with E-state index in [4.69, 9.17) is 4.42 Å². The molecule has 1 saturated heterocycles. The van der Waals surface area contributed by atoms with Crippen molar-refractivity contribution in [1.29, 1.82) is 0 Å². The molecule has 2 aromatic heterocycles. The largest absolute Gasteiger partial charge is 0.423 e. The second-order valence-electron chi connectivity index (χ2n) is 6.99. The maximum absolute atomic E-state index is 12.5. The maximum atomic E-state index is 12.5. The Labute approximate surface area is 170 Å². The van der Waals surface area contributed by atoms with Crippen molar-refractivity contribution in [1.82, 2.24) is 9.88 Å². The van der Waals surface area contributed by atoms with Gasteiger partial charge in [-0.1, -0.05) is 22.0 Å². The Morgan fingerprint density at radius 2 is 2.04 bits per heavy atom. The highest BCUT2D eigenvalue weighted by molar-refractivity contribution is 9.10. The van der Waals surface area contributed by atoms with Gasteiger partial charge in [-0.25, -0.2) is 9.78 Å². The molecule has 1 aliphatic heterocycles. The van der Waals surface area contributed by atoms with E-state index in [2.05, 4.69) is 31.1 Å². The van der Waals surface area contributed by atoms with Gasteiger partial charge in [0, 0.05) is 34.6 Å². The third-order valence-electron chi connectivity index (χ3n) is 5.06. The standard InChI is InChI=1S/C21H20BrN3O3/c22-16-4-5-17-15(11-20(26)28-18(17)12-16)13-25-9-6-14(7-10-25)21(27)24-19-3-1-2-8-23-19/h1-5,8,11-12,14H,6-7,9-10,13H2,(H,23,24,27). The van der Waals surface area contributed by atoms with Crippen LogP contribution < -0.4 is 10.9 Å². The molecule has 0 saturated carbocycles. The molecule has 4 rings (SSSR count). The van der Waals surface area contributed by atoms with Gasteiger partial charge in [0.05, 0.1) is 0 Å². The minimum atomic E-state index is -0.342. The number of carbonyl (C=O) groups is 1. The number of nitrogens with zero attached hydrogens (tertiary/aromatic N) is 2. The molecule has 0 spiro atoms. The molecule has 1 aromatic carbocycles. The Bertz CT molecular complexity index is 1040. The predicted octanol–water partition coefficient (Wildman–Crippen LogP) is 3.80. The average Bonchev–Trinajstić information content (AvgIpc) is 2.69. The van der Waals surface area contributed by atoms with E-state index in [1.165, 1.54) is 0 Å². The number of piperidine rings is 1. The topological polar surface area (TPSA) is 75.4 Å². The molecular formula is C21H20BrN3O3. The number of halogens is 1. The zero-order chi connectivity index (χ0) is 19.5. The van der Waals surface area contributed by atoms with E-state index in [1.54, 1.807) is 18.3 Å². The van der Waals surface area contributed by atoms with Gasteiger partial charge in [0.2, 0.25) is 5.91 Å². The van der Waals surface area contributed by atoms with Gasteiger partial charge in [0.1, 0.15) is 11.4 Å². The van der Waals surface area contributed by atoms with Crippen molar-refractivity contribution < 1.29 is 9.21 Å². The molecule has 1 amide bonds. The fourth-order valence-electron chi connectivity index (χ4n) is 3.59. The summed E-state index contributed by atoms with van der Waals surface area (Å²) in [5.41, 5.74) is 1.20. The monoisotopic (exact) mass is 441 g/mol. The van der Waals surface area contributed by atoms with Crippen LogP contribution in [0.2, 0.25) is 0 Å². The van der Waals surface area contributed by atoms with Crippen LogP contribution in [-0.2, 0) is 11.3 Å². The summed E-state index contributed by atoms with van der Waals surface area (Å²) in [6.07, 6.45) is 3.23. The molecule has 28 heavy (non-hydrogen) atoms. The highest BCUT2D eigenvalue weighted by Crippen LogP contribution is 2.25. The lowest BCUT2D eigenvalue weighted by Crippen LogP contribution is -2.38. The van der Waals surface area contributed by atoms with Gasteiger partial charge in [-0.05, 0) is 61.8 Å². The Morgan fingerprint density at radius 3 is 2.79 bits per heavy atom. The van der Waals surface area contributed by atoms with Gasteiger partial charge < -0.3 is 9.73 Å². The fraction of sp³-hybridized carbons (Fsp3) is 0.286. The summed E-state index contributed by atoms with van der Waals surface area (Å²) in [5.74, 6) is 0.587. The second kappa shape index (κ2) is 8.24. The number of hydrogen-bond donors (Lipinski definition) is 1. The maximum Gasteiger partial charge on any atom is 0.336 e. The molecule has 1 N–H and O–H groups in total. The summed E-state index contributed by atoms with van der Waals surface area (Å²) in [4.78, 5) is 30.8. The van der Waals surface area contributed by atoms with Crippen LogP contribution in [0.1, 0.15) is 18.4 Å². The number of benzene rings is 1. The van der Waals surface area contributed by atoms with Crippen LogP contribution in [-0.4, -0.2) is 28.9 Å². The first kappa shape index (κ1) is 18.8. The van der Waals surface area contributed by atoms with E-state index in [0.29, 0.717) is 17.9 Å². The SMILES string of the molecule is O=C(Nc1ccccn1)C1CCN(Cc2cc(=O)oc3cc(Br)ccc23)CC1. The van der Waals surface area contributed by atoms with Crippen LogP contribution in [0.15, 0.2) is 62.3 Å². The van der Waals surface area contributed by atoms with Crippen LogP contribution in [0.4, 0.5) is 5.82 Å². The van der Waals surface area contributed by atoms with Crippen LogP contribution in [0.25, 0.3) is 11.0 Å². The summed E-state index contributed by atoms with van der Waals surface area (Å²) in [6.45, 7) is 2.27. The molecule has 0 unspecified atom stereocenters. The highest BCUT2D eigenvalue weighted by atomic mass is 79.9. The van der Waals surface area contributed by atoms with E-state index >= 15 is 0 Å². The van der Waals surface area contributed by atoms with Crippen molar-refractivity contribution in [2.24, 2.45) is 5.92 Å². The number of anilines is 1. The van der Waals surface area contributed by atoms with Crippen molar-refractivity contribution >= 4 is 38.6 Å². The van der Waals surface area contributed by atoms with Gasteiger partial charge in [-0.15, -0.1) is 0 Å². The number of fused-ring (bicyclic) bond motifs is 1. The number of pyridine rings is 1. The minimum Gasteiger partial charge on any atom is -0.423 e. The summed E-state index contributed by atoms with van der Waals surface area (Å²) in [5, 5.41) is 3.83. The summed E-state index contributed by atoms with van der Waals surface area (Å²) in [7, 11) is 0. The summed E-state index contributed by atoms with van der Waals surface area (Å²) < 4.78 is 6.19. The molecule has 6 nitrogen and oxygen atoms in total. The number of carbonyl (C=O) groups excluding carboxylic acids is 1. The number of hydrogen-bond acceptors (Lipinski definition) is 5. The Morgan fingerprint density at radius 1 is 1.21 bits per heavy atom. The highest BCUT2D eigenvalue weighted by Gasteiger charge is 2.25. The molecule has 1 aliphatic rings. The van der Waals surface area contributed by atoms with E-state index in [1.807, 2.05) is 30.3 Å². The normalized spacial score (nSPS) is 15.6. The van der Waals surface area contributed by atoms with Crippen LogP contribution in [0.3, 0.4) is 0 Å². The van der Waals surface area contributed by atoms with Crippen molar-refractivity contribution in [2.45, 2.75) is 19.4 Å². The minimum absolute atomic E-state index is 0.0215. The van der Waals surface area contributed by atoms with Crippen LogP contribution in [0.5, 0.6) is 0 Å². The first-order valence-corrected chi connectivity index (χ1v) is 10.0. The van der Waals surface area contributed by atoms with E-state index in [0.717, 1.165) is 41.4 Å². The zero-order valence-corrected chi connectivity index (χ0v) is 16.8. The third kappa shape index (κ3) is 4.31. The molecule has 0 atom stereocenters. The molecule has 0 radical (unpaired) electrons. The van der Waals surface area contributed by atoms with Crippen molar-refractivity contribution in [3.8, 4) is 0 Å². The second-order valence-corrected chi connectivity index (χ2v) is 7.90. The van der Waals surface area contributed by atoms with E-state index in [9.17, 15) is 9.59 Å². The number of amides is 1. The van der Waals surface area contributed by atoms with Gasteiger partial charge in [-0.2, -0.15) is 0 Å². The Kier molecular flexibility index (Phi) is 5.54. The molecule has 3 aromatic rings. The first-order valence-electron chi connectivity index (χ1n) is 9.25. The quantitative estimate of drug-likeness (QED) is 0.623. The number of rotatable bonds is 4. The third-order valence-corrected chi connectivity index (χ3v) is 5.55. The van der Waals surface area contributed by atoms with Crippen molar-refractivity contribution in [2.75, 3.05) is 18.4 Å². The predicted molar refractivity (Wildman–Crippen MR) is 111 cm³/mol. The lowest BCUT2D eigenvalue weighted by Gasteiger charge is -2.31. The average molecular weight is 442 g/mol. The smallest absolute Gasteiger partial charge is 0.336 e. The fourth-order valence-corrected chi connectivity index (χ4v) is 3.93. The van der Waals surface area contributed by atoms with Crippen LogP contribution in [0, 0.1) is 5.92 Å².